The van der Waals surface area contributed by atoms with Gasteiger partial charge in [0.2, 0.25) is 11.7 Å². The molecular formula is C14H17FN4O. The van der Waals surface area contributed by atoms with Crippen molar-refractivity contribution in [3.05, 3.63) is 35.5 Å². The standard InChI is InChI=1S/C14H17FN4O/c1-9-7-10(3-4-11(9)15)13-17-14(20-18-13)12-8-19(2)6-5-16-12/h3-4,7,12,16H,5-6,8H2,1-2H3. The summed E-state index contributed by atoms with van der Waals surface area (Å²) < 4.78 is 18.6. The monoisotopic (exact) mass is 276 g/mol. The van der Waals surface area contributed by atoms with Crippen LogP contribution in [0, 0.1) is 12.7 Å². The lowest BCUT2D eigenvalue weighted by atomic mass is 10.1. The molecule has 2 aromatic rings. The summed E-state index contributed by atoms with van der Waals surface area (Å²) in [6.07, 6.45) is 0. The molecule has 0 spiro atoms. The molecule has 1 N–H and O–H groups in total. The molecule has 0 radical (unpaired) electrons. The molecule has 1 aromatic carbocycles. The highest BCUT2D eigenvalue weighted by Gasteiger charge is 2.24. The van der Waals surface area contributed by atoms with Crippen LogP contribution >= 0.6 is 0 Å². The Balaban J connectivity index is 1.84. The zero-order chi connectivity index (χ0) is 14.1. The van der Waals surface area contributed by atoms with Crippen LogP contribution in [0.1, 0.15) is 17.5 Å². The van der Waals surface area contributed by atoms with Gasteiger partial charge in [0, 0.05) is 25.2 Å². The average molecular weight is 276 g/mol. The fourth-order valence-corrected chi connectivity index (χ4v) is 2.34. The maximum atomic E-state index is 13.3. The number of nitrogens with one attached hydrogen (secondary N) is 1. The van der Waals surface area contributed by atoms with Crippen LogP contribution in [0.3, 0.4) is 0 Å². The Bertz CT molecular complexity index is 613. The van der Waals surface area contributed by atoms with E-state index in [9.17, 15) is 4.39 Å². The number of piperazine rings is 1. The van der Waals surface area contributed by atoms with Gasteiger partial charge >= 0.3 is 0 Å². The van der Waals surface area contributed by atoms with Gasteiger partial charge in [-0.15, -0.1) is 0 Å². The molecule has 106 valence electrons. The molecule has 5 nitrogen and oxygen atoms in total. The van der Waals surface area contributed by atoms with Gasteiger partial charge in [-0.1, -0.05) is 5.16 Å². The Morgan fingerprint density at radius 1 is 1.45 bits per heavy atom. The van der Waals surface area contributed by atoms with Gasteiger partial charge < -0.3 is 14.7 Å². The van der Waals surface area contributed by atoms with Gasteiger partial charge in [0.1, 0.15) is 11.9 Å². The van der Waals surface area contributed by atoms with E-state index < -0.39 is 0 Å². The molecule has 6 heteroatoms. The van der Waals surface area contributed by atoms with Crippen molar-refractivity contribution in [2.75, 3.05) is 26.7 Å². The normalized spacial score (nSPS) is 20.2. The van der Waals surface area contributed by atoms with Crippen molar-refractivity contribution < 1.29 is 8.91 Å². The number of rotatable bonds is 2. The fraction of sp³-hybridized carbons (Fsp3) is 0.429. The SMILES string of the molecule is Cc1cc(-c2noc(C3CN(C)CCN3)n2)ccc1F. The van der Waals surface area contributed by atoms with E-state index >= 15 is 0 Å². The number of nitrogens with zero attached hydrogens (tertiary/aromatic N) is 3. The molecule has 0 saturated carbocycles. The Hall–Kier alpha value is -1.79. The molecule has 0 aliphatic carbocycles. The first-order chi connectivity index (χ1) is 9.63. The second-order valence-electron chi connectivity index (χ2n) is 5.19. The van der Waals surface area contributed by atoms with Crippen molar-refractivity contribution in [2.45, 2.75) is 13.0 Å². The fourth-order valence-electron chi connectivity index (χ4n) is 2.34. The minimum absolute atomic E-state index is 0.0524. The topological polar surface area (TPSA) is 54.2 Å². The summed E-state index contributed by atoms with van der Waals surface area (Å²) in [4.78, 5) is 6.64. The Labute approximate surface area is 116 Å². The zero-order valence-corrected chi connectivity index (χ0v) is 11.6. The van der Waals surface area contributed by atoms with Crippen LogP contribution in [-0.2, 0) is 0 Å². The van der Waals surface area contributed by atoms with Gasteiger partial charge in [-0.05, 0) is 37.7 Å². The molecule has 1 atom stereocenters. The van der Waals surface area contributed by atoms with Gasteiger partial charge in [0.15, 0.2) is 0 Å². The number of benzene rings is 1. The van der Waals surface area contributed by atoms with Gasteiger partial charge in [-0.2, -0.15) is 4.98 Å². The third-order valence-corrected chi connectivity index (χ3v) is 3.53. The summed E-state index contributed by atoms with van der Waals surface area (Å²) in [7, 11) is 2.06. The molecule has 1 saturated heterocycles. The van der Waals surface area contributed by atoms with E-state index in [1.807, 2.05) is 0 Å². The minimum atomic E-state index is -0.229. The quantitative estimate of drug-likeness (QED) is 0.906. The number of likely N-dealkylation sites (N-methyl/N-ethyl adjacent to an activating group) is 1. The van der Waals surface area contributed by atoms with Gasteiger partial charge in [-0.25, -0.2) is 4.39 Å². The molecule has 20 heavy (non-hydrogen) atoms. The van der Waals surface area contributed by atoms with Crippen molar-refractivity contribution in [2.24, 2.45) is 0 Å². The summed E-state index contributed by atoms with van der Waals surface area (Å²) in [5.74, 6) is 0.847. The van der Waals surface area contributed by atoms with E-state index in [0.29, 0.717) is 17.3 Å². The summed E-state index contributed by atoms with van der Waals surface area (Å²) >= 11 is 0. The second kappa shape index (κ2) is 5.30. The number of halogens is 1. The smallest absolute Gasteiger partial charge is 0.245 e. The highest BCUT2D eigenvalue weighted by Crippen LogP contribution is 2.22. The van der Waals surface area contributed by atoms with Crippen LogP contribution in [0.25, 0.3) is 11.4 Å². The van der Waals surface area contributed by atoms with E-state index in [4.69, 9.17) is 4.52 Å². The molecule has 2 heterocycles. The first-order valence-corrected chi connectivity index (χ1v) is 6.65. The first kappa shape index (κ1) is 13.2. The molecule has 1 aromatic heterocycles. The van der Waals surface area contributed by atoms with Crippen LogP contribution in [0.2, 0.25) is 0 Å². The largest absolute Gasteiger partial charge is 0.337 e. The van der Waals surface area contributed by atoms with Crippen LogP contribution in [0.15, 0.2) is 22.7 Å². The van der Waals surface area contributed by atoms with E-state index in [0.717, 1.165) is 25.2 Å². The summed E-state index contributed by atoms with van der Waals surface area (Å²) in [6.45, 7) is 4.46. The highest BCUT2D eigenvalue weighted by molar-refractivity contribution is 5.55. The van der Waals surface area contributed by atoms with Crippen LogP contribution in [0.4, 0.5) is 4.39 Å². The number of aromatic nitrogens is 2. The number of hydrogen-bond acceptors (Lipinski definition) is 5. The van der Waals surface area contributed by atoms with Crippen molar-refractivity contribution in [3.8, 4) is 11.4 Å². The minimum Gasteiger partial charge on any atom is -0.337 e. The van der Waals surface area contributed by atoms with Crippen LogP contribution < -0.4 is 5.32 Å². The van der Waals surface area contributed by atoms with E-state index in [1.54, 1.807) is 19.1 Å². The lowest BCUT2D eigenvalue weighted by Crippen LogP contribution is -2.43. The number of aryl methyl sites for hydroxylation is 1. The second-order valence-corrected chi connectivity index (χ2v) is 5.19. The predicted octanol–water partition coefficient (Wildman–Crippen LogP) is 1.76. The first-order valence-electron chi connectivity index (χ1n) is 6.65. The lowest BCUT2D eigenvalue weighted by Gasteiger charge is -2.28. The van der Waals surface area contributed by atoms with Crippen molar-refractivity contribution in [3.63, 3.8) is 0 Å². The molecule has 1 aliphatic heterocycles. The number of hydrogen-bond donors (Lipinski definition) is 1. The molecule has 1 fully saturated rings. The Kier molecular flexibility index (Phi) is 3.50. The highest BCUT2D eigenvalue weighted by atomic mass is 19.1. The molecule has 3 rings (SSSR count). The summed E-state index contributed by atoms with van der Waals surface area (Å²) in [6, 6.07) is 4.87. The van der Waals surface area contributed by atoms with Crippen molar-refractivity contribution in [1.29, 1.82) is 0 Å². The van der Waals surface area contributed by atoms with Crippen molar-refractivity contribution in [1.82, 2.24) is 20.4 Å². The maximum Gasteiger partial charge on any atom is 0.245 e. The van der Waals surface area contributed by atoms with E-state index in [1.165, 1.54) is 6.07 Å². The Morgan fingerprint density at radius 3 is 3.05 bits per heavy atom. The van der Waals surface area contributed by atoms with Gasteiger partial charge in [0.05, 0.1) is 0 Å². The van der Waals surface area contributed by atoms with Crippen LogP contribution in [0.5, 0.6) is 0 Å². The summed E-state index contributed by atoms with van der Waals surface area (Å²) in [5, 5.41) is 7.34. The molecular weight excluding hydrogens is 259 g/mol. The summed E-state index contributed by atoms with van der Waals surface area (Å²) in [5.41, 5.74) is 1.34. The third kappa shape index (κ3) is 2.57. The maximum absolute atomic E-state index is 13.3. The molecule has 0 bridgehead atoms. The third-order valence-electron chi connectivity index (χ3n) is 3.53. The molecule has 1 unspecified atom stereocenters. The predicted molar refractivity (Wildman–Crippen MR) is 72.7 cm³/mol. The van der Waals surface area contributed by atoms with Crippen LogP contribution in [-0.4, -0.2) is 41.7 Å². The zero-order valence-electron chi connectivity index (χ0n) is 11.6. The molecule has 1 aliphatic rings. The van der Waals surface area contributed by atoms with E-state index in [2.05, 4.69) is 27.4 Å². The van der Waals surface area contributed by atoms with Gasteiger partial charge in [-0.3, -0.25) is 0 Å². The lowest BCUT2D eigenvalue weighted by molar-refractivity contribution is 0.208. The van der Waals surface area contributed by atoms with Crippen molar-refractivity contribution >= 4 is 0 Å². The average Bonchev–Trinajstić information content (AvgIpc) is 2.92. The van der Waals surface area contributed by atoms with E-state index in [-0.39, 0.29) is 11.9 Å². The Morgan fingerprint density at radius 2 is 2.30 bits per heavy atom. The van der Waals surface area contributed by atoms with Gasteiger partial charge in [0.25, 0.3) is 0 Å². The molecule has 0 amide bonds.